The Morgan fingerprint density at radius 2 is 1.83 bits per heavy atom. The summed E-state index contributed by atoms with van der Waals surface area (Å²) in [5.74, 6) is 0.847. The molecule has 0 radical (unpaired) electrons. The SMILES string of the molecule is [Cl][Pt].[OH-].[S-]CCN1CCOCC1. The molecule has 79 valence electrons. The third kappa shape index (κ3) is 7.84. The van der Waals surface area contributed by atoms with E-state index in [0.717, 1.165) is 38.6 Å². The van der Waals surface area contributed by atoms with Gasteiger partial charge in [-0.2, -0.15) is 5.75 Å². The molecule has 0 unspecified atom stereocenters. The average Bonchev–Trinajstić information content (AvgIpc) is 2.11. The zero-order valence-corrected chi connectivity index (χ0v) is 10.5. The van der Waals surface area contributed by atoms with Gasteiger partial charge in [0.2, 0.25) is 0 Å². The van der Waals surface area contributed by atoms with Crippen LogP contribution >= 0.6 is 9.42 Å². The minimum absolute atomic E-state index is 0. The second-order valence-electron chi connectivity index (χ2n) is 2.16. The Morgan fingerprint density at radius 3 is 2.25 bits per heavy atom. The topological polar surface area (TPSA) is 42.5 Å². The van der Waals surface area contributed by atoms with E-state index in [9.17, 15) is 0 Å². The molecule has 1 saturated heterocycles. The van der Waals surface area contributed by atoms with Gasteiger partial charge in [0.15, 0.2) is 0 Å². The van der Waals surface area contributed by atoms with Crippen LogP contribution in [0.5, 0.6) is 0 Å². The first-order valence-corrected chi connectivity index (χ1v) is 6.83. The summed E-state index contributed by atoms with van der Waals surface area (Å²) in [5.41, 5.74) is 0. The van der Waals surface area contributed by atoms with Crippen molar-refractivity contribution in [1.29, 1.82) is 0 Å². The zero-order valence-electron chi connectivity index (χ0n) is 6.65. The molecule has 0 saturated carbocycles. The number of ether oxygens (including phenoxy) is 1. The molecular weight excluding hydrogens is 381 g/mol. The molecule has 0 aromatic rings. The van der Waals surface area contributed by atoms with Crippen LogP contribution in [0.2, 0.25) is 0 Å². The standard InChI is InChI=1S/C6H13NOS.ClH.H2O.Pt/c9-6-3-7-1-4-8-5-2-7;;;/h9H,1-6H2;1H;1H2;/q;;;+1/p-3. The molecule has 1 rings (SSSR count). The molecule has 1 aliphatic rings. The molecule has 0 amide bonds. The van der Waals surface area contributed by atoms with E-state index in [1.165, 1.54) is 0 Å². The maximum atomic E-state index is 5.17. The van der Waals surface area contributed by atoms with E-state index in [1.807, 2.05) is 0 Å². The van der Waals surface area contributed by atoms with Crippen LogP contribution in [0.15, 0.2) is 0 Å². The van der Waals surface area contributed by atoms with Crippen molar-refractivity contribution in [3.05, 3.63) is 0 Å². The summed E-state index contributed by atoms with van der Waals surface area (Å²) in [7, 11) is 4.61. The predicted octanol–water partition coefficient (Wildman–Crippen LogP) is 0.376. The quantitative estimate of drug-likeness (QED) is 0.636. The van der Waals surface area contributed by atoms with Gasteiger partial charge in [-0.25, -0.2) is 0 Å². The minimum atomic E-state index is 0. The minimum Gasteiger partial charge on any atom is -0.870 e. The summed E-state index contributed by atoms with van der Waals surface area (Å²) in [6.07, 6.45) is 0. The van der Waals surface area contributed by atoms with Crippen molar-refractivity contribution >= 4 is 22.0 Å². The molecule has 1 aliphatic heterocycles. The van der Waals surface area contributed by atoms with Crippen LogP contribution in [0.25, 0.3) is 0 Å². The van der Waals surface area contributed by atoms with Crippen LogP contribution in [0.3, 0.4) is 0 Å². The fourth-order valence-corrected chi connectivity index (χ4v) is 1.21. The molecular formula is C6H13ClNO2PtS-2. The van der Waals surface area contributed by atoms with Crippen molar-refractivity contribution in [3.63, 3.8) is 0 Å². The van der Waals surface area contributed by atoms with Gasteiger partial charge in [-0.1, -0.05) is 0 Å². The van der Waals surface area contributed by atoms with Crippen molar-refractivity contribution in [2.75, 3.05) is 38.6 Å². The Bertz CT molecular complexity index is 83.2. The van der Waals surface area contributed by atoms with Gasteiger partial charge in [-0.3, -0.25) is 0 Å². The van der Waals surface area contributed by atoms with Crippen LogP contribution in [-0.4, -0.2) is 49.0 Å². The first-order chi connectivity index (χ1) is 5.43. The van der Waals surface area contributed by atoms with E-state index in [4.69, 9.17) is 17.4 Å². The second kappa shape index (κ2) is 12.2. The molecule has 0 spiro atoms. The van der Waals surface area contributed by atoms with E-state index in [1.54, 1.807) is 18.8 Å². The maximum absolute atomic E-state index is 5.17. The van der Waals surface area contributed by atoms with Crippen LogP contribution in [0, 0.1) is 0 Å². The molecule has 0 bridgehead atoms. The number of nitrogens with zero attached hydrogens (tertiary/aromatic N) is 1. The summed E-state index contributed by atoms with van der Waals surface area (Å²) < 4.78 is 5.17. The third-order valence-corrected chi connectivity index (χ3v) is 1.69. The molecule has 1 heterocycles. The molecule has 12 heavy (non-hydrogen) atoms. The van der Waals surface area contributed by atoms with Gasteiger partial charge in [-0.05, 0) is 6.54 Å². The first kappa shape index (κ1) is 15.7. The summed E-state index contributed by atoms with van der Waals surface area (Å²) in [4.78, 5) is 2.34. The fraction of sp³-hybridized carbons (Fsp3) is 1.00. The zero-order chi connectivity index (χ0) is 8.53. The summed E-state index contributed by atoms with van der Waals surface area (Å²) in [5, 5.41) is 0. The Hall–Kier alpha value is 1.21. The molecule has 6 heteroatoms. The Morgan fingerprint density at radius 1 is 1.33 bits per heavy atom. The monoisotopic (exact) mass is 393 g/mol. The van der Waals surface area contributed by atoms with Crippen molar-refractivity contribution < 1.29 is 29.0 Å². The molecule has 1 fully saturated rings. The number of rotatable bonds is 2. The summed E-state index contributed by atoms with van der Waals surface area (Å²) >= 11 is 6.46. The van der Waals surface area contributed by atoms with Gasteiger partial charge in [0, 0.05) is 13.1 Å². The van der Waals surface area contributed by atoms with E-state index in [0.29, 0.717) is 0 Å². The molecule has 0 aliphatic carbocycles. The first-order valence-electron chi connectivity index (χ1n) is 3.43. The van der Waals surface area contributed by atoms with Crippen molar-refractivity contribution in [1.82, 2.24) is 4.90 Å². The van der Waals surface area contributed by atoms with Crippen molar-refractivity contribution in [2.24, 2.45) is 0 Å². The van der Waals surface area contributed by atoms with Gasteiger partial charge in [-0.15, -0.1) is 0 Å². The number of hydrogen-bond acceptors (Lipinski definition) is 4. The van der Waals surface area contributed by atoms with E-state index >= 15 is 0 Å². The predicted molar refractivity (Wildman–Crippen MR) is 47.3 cm³/mol. The number of halogens is 1. The average molecular weight is 394 g/mol. The van der Waals surface area contributed by atoms with Crippen molar-refractivity contribution in [2.45, 2.75) is 0 Å². The normalized spacial score (nSPS) is 17.3. The molecule has 0 aromatic carbocycles. The Kier molecular flexibility index (Phi) is 15.9. The smallest absolute Gasteiger partial charge is 0.0594 e. The van der Waals surface area contributed by atoms with E-state index < -0.39 is 0 Å². The van der Waals surface area contributed by atoms with Gasteiger partial charge in [0.1, 0.15) is 0 Å². The van der Waals surface area contributed by atoms with Crippen LogP contribution in [0.4, 0.5) is 0 Å². The molecule has 0 atom stereocenters. The van der Waals surface area contributed by atoms with Crippen LogP contribution in [0.1, 0.15) is 0 Å². The van der Waals surface area contributed by atoms with Crippen LogP contribution < -0.4 is 0 Å². The number of hydrogen-bond donors (Lipinski definition) is 0. The Balaban J connectivity index is 0. The third-order valence-electron chi connectivity index (χ3n) is 1.51. The second-order valence-corrected chi connectivity index (χ2v) is 2.57. The van der Waals surface area contributed by atoms with Gasteiger partial charge >= 0.3 is 28.2 Å². The van der Waals surface area contributed by atoms with Crippen LogP contribution in [-0.2, 0) is 36.1 Å². The summed E-state index contributed by atoms with van der Waals surface area (Å²) in [6.45, 7) is 4.96. The molecule has 3 nitrogen and oxygen atoms in total. The largest absolute Gasteiger partial charge is 0.870 e. The van der Waals surface area contributed by atoms with Gasteiger partial charge in [0.25, 0.3) is 0 Å². The summed E-state index contributed by atoms with van der Waals surface area (Å²) in [6, 6.07) is 0. The number of morpholine rings is 1. The van der Waals surface area contributed by atoms with E-state index in [2.05, 4.69) is 14.3 Å². The Labute approximate surface area is 94.3 Å². The van der Waals surface area contributed by atoms with Gasteiger partial charge in [0.05, 0.1) is 13.2 Å². The molecule has 1 N–H and O–H groups in total. The fourth-order valence-electron chi connectivity index (χ4n) is 0.954. The van der Waals surface area contributed by atoms with Crippen molar-refractivity contribution in [3.8, 4) is 0 Å². The van der Waals surface area contributed by atoms with E-state index in [-0.39, 0.29) is 5.48 Å². The molecule has 0 aromatic heterocycles. The van der Waals surface area contributed by atoms with Gasteiger partial charge < -0.3 is 27.7 Å². The maximum Gasteiger partial charge on any atom is 0.0594 e.